The van der Waals surface area contributed by atoms with E-state index in [1.54, 1.807) is 0 Å². The van der Waals surface area contributed by atoms with Crippen molar-refractivity contribution in [3.8, 4) is 0 Å². The summed E-state index contributed by atoms with van der Waals surface area (Å²) < 4.78 is 0. The second kappa shape index (κ2) is 4.51. The molecule has 10 heavy (non-hydrogen) atoms. The molecule has 1 nitrogen and oxygen atoms in total. The summed E-state index contributed by atoms with van der Waals surface area (Å²) in [5.41, 5.74) is 5.36. The van der Waals surface area contributed by atoms with E-state index in [1.165, 1.54) is 25.7 Å². The number of allylic oxidation sites excluding steroid dienone is 1. The number of rotatable bonds is 3. The van der Waals surface area contributed by atoms with Crippen molar-refractivity contribution in [2.24, 2.45) is 11.7 Å². The van der Waals surface area contributed by atoms with E-state index in [4.69, 9.17) is 5.73 Å². The average Bonchev–Trinajstić information content (AvgIpc) is 2.41. The Balaban J connectivity index is 2.10. The normalized spacial score (nSPS) is 20.9. The molecule has 0 amide bonds. The first-order valence-electron chi connectivity index (χ1n) is 4.30. The molecule has 0 atom stereocenters. The maximum Gasteiger partial charge on any atom is -0.00426 e. The summed E-state index contributed by atoms with van der Waals surface area (Å²) >= 11 is 0. The van der Waals surface area contributed by atoms with Crippen molar-refractivity contribution in [1.29, 1.82) is 0 Å². The van der Waals surface area contributed by atoms with Gasteiger partial charge in [0, 0.05) is 0 Å². The maximum atomic E-state index is 5.36. The zero-order valence-corrected chi connectivity index (χ0v) is 6.55. The van der Waals surface area contributed by atoms with E-state index >= 15 is 0 Å². The third-order valence-electron chi connectivity index (χ3n) is 2.14. The minimum atomic E-state index is 0.795. The largest absolute Gasteiger partial charge is 0.330 e. The van der Waals surface area contributed by atoms with Gasteiger partial charge in [-0.15, -0.1) is 0 Å². The van der Waals surface area contributed by atoms with Gasteiger partial charge < -0.3 is 5.73 Å². The number of hydrogen-bond acceptors (Lipinski definition) is 1. The second-order valence-electron chi connectivity index (χ2n) is 3.05. The maximum absolute atomic E-state index is 5.36. The van der Waals surface area contributed by atoms with E-state index in [-0.39, 0.29) is 0 Å². The highest BCUT2D eigenvalue weighted by Crippen LogP contribution is 2.25. The third kappa shape index (κ3) is 2.53. The number of hydrogen-bond donors (Lipinski definition) is 1. The molecular weight excluding hydrogens is 122 g/mol. The van der Waals surface area contributed by atoms with Gasteiger partial charge >= 0.3 is 0 Å². The molecule has 1 aliphatic carbocycles. The van der Waals surface area contributed by atoms with E-state index in [1.807, 2.05) is 0 Å². The zero-order chi connectivity index (χ0) is 7.23. The molecule has 0 aliphatic heterocycles. The van der Waals surface area contributed by atoms with Crippen LogP contribution in [0.15, 0.2) is 12.2 Å². The van der Waals surface area contributed by atoms with E-state index in [0.29, 0.717) is 0 Å². The highest BCUT2D eigenvalue weighted by Gasteiger charge is 2.10. The first-order chi connectivity index (χ1) is 4.93. The summed E-state index contributed by atoms with van der Waals surface area (Å²) in [5.74, 6) is 0.881. The van der Waals surface area contributed by atoms with Gasteiger partial charge in [0.25, 0.3) is 0 Å². The van der Waals surface area contributed by atoms with Gasteiger partial charge in [0.15, 0.2) is 0 Å². The number of nitrogens with two attached hydrogens (primary N) is 1. The fourth-order valence-electron chi connectivity index (χ4n) is 1.53. The van der Waals surface area contributed by atoms with E-state index in [0.717, 1.165) is 18.9 Å². The fraction of sp³-hybridized carbons (Fsp3) is 0.778. The highest BCUT2D eigenvalue weighted by molar-refractivity contribution is 4.90. The van der Waals surface area contributed by atoms with Crippen molar-refractivity contribution in [3.63, 3.8) is 0 Å². The molecular formula is C9H17N. The fourth-order valence-corrected chi connectivity index (χ4v) is 1.53. The molecule has 0 saturated heterocycles. The molecule has 0 aromatic rings. The Kier molecular flexibility index (Phi) is 3.52. The van der Waals surface area contributed by atoms with Crippen LogP contribution in [0.2, 0.25) is 0 Å². The zero-order valence-electron chi connectivity index (χ0n) is 6.55. The second-order valence-corrected chi connectivity index (χ2v) is 3.05. The molecule has 58 valence electrons. The molecule has 0 bridgehead atoms. The molecule has 0 aromatic carbocycles. The van der Waals surface area contributed by atoms with Gasteiger partial charge in [-0.2, -0.15) is 0 Å². The molecule has 2 N–H and O–H groups in total. The third-order valence-corrected chi connectivity index (χ3v) is 2.14. The van der Waals surface area contributed by atoms with Crippen molar-refractivity contribution in [2.45, 2.75) is 32.1 Å². The molecule has 0 radical (unpaired) electrons. The molecule has 1 fully saturated rings. The minimum Gasteiger partial charge on any atom is -0.330 e. The predicted octanol–water partition coefficient (Wildman–Crippen LogP) is 2.08. The summed E-state index contributed by atoms with van der Waals surface area (Å²) in [6.45, 7) is 0.795. The molecule has 1 rings (SSSR count). The molecule has 0 unspecified atom stereocenters. The van der Waals surface area contributed by atoms with E-state index in [9.17, 15) is 0 Å². The Morgan fingerprint density at radius 3 is 2.60 bits per heavy atom. The van der Waals surface area contributed by atoms with Crippen LogP contribution in [0.3, 0.4) is 0 Å². The van der Waals surface area contributed by atoms with Gasteiger partial charge in [-0.1, -0.05) is 25.0 Å². The van der Waals surface area contributed by atoms with Crippen molar-refractivity contribution < 1.29 is 0 Å². The molecule has 0 heterocycles. The van der Waals surface area contributed by atoms with Crippen LogP contribution in [0.4, 0.5) is 0 Å². The van der Waals surface area contributed by atoms with Gasteiger partial charge in [-0.3, -0.25) is 0 Å². The van der Waals surface area contributed by atoms with Gasteiger partial charge in [0.2, 0.25) is 0 Å². The lowest BCUT2D eigenvalue weighted by atomic mass is 10.1. The summed E-state index contributed by atoms with van der Waals surface area (Å²) in [7, 11) is 0. The summed E-state index contributed by atoms with van der Waals surface area (Å²) in [6.07, 6.45) is 11.3. The first-order valence-corrected chi connectivity index (χ1v) is 4.30. The van der Waals surface area contributed by atoms with Gasteiger partial charge in [-0.25, -0.2) is 0 Å². The van der Waals surface area contributed by atoms with Crippen LogP contribution in [-0.2, 0) is 0 Å². The van der Waals surface area contributed by atoms with Gasteiger partial charge in [0.05, 0.1) is 0 Å². The smallest absolute Gasteiger partial charge is 0.00426 e. The van der Waals surface area contributed by atoms with Gasteiger partial charge in [-0.05, 0) is 31.7 Å². The summed E-state index contributed by atoms with van der Waals surface area (Å²) in [6, 6.07) is 0. The quantitative estimate of drug-likeness (QED) is 0.595. The Labute approximate surface area is 63.3 Å². The van der Waals surface area contributed by atoms with Crippen LogP contribution >= 0.6 is 0 Å². The van der Waals surface area contributed by atoms with Crippen molar-refractivity contribution in [2.75, 3.05) is 6.54 Å². The van der Waals surface area contributed by atoms with Crippen LogP contribution < -0.4 is 5.73 Å². The Bertz CT molecular complexity index is 101. The van der Waals surface area contributed by atoms with Crippen molar-refractivity contribution in [3.05, 3.63) is 12.2 Å². The molecule has 0 aromatic heterocycles. The van der Waals surface area contributed by atoms with Crippen LogP contribution in [0.5, 0.6) is 0 Å². The topological polar surface area (TPSA) is 26.0 Å². The summed E-state index contributed by atoms with van der Waals surface area (Å²) in [4.78, 5) is 0. The van der Waals surface area contributed by atoms with Crippen LogP contribution in [0, 0.1) is 5.92 Å². The molecule has 1 aliphatic rings. The lowest BCUT2D eigenvalue weighted by Crippen LogP contribution is -1.96. The monoisotopic (exact) mass is 139 g/mol. The van der Waals surface area contributed by atoms with Crippen molar-refractivity contribution >= 4 is 0 Å². The molecule has 1 heteroatoms. The van der Waals surface area contributed by atoms with E-state index < -0.39 is 0 Å². The highest BCUT2D eigenvalue weighted by atomic mass is 14.5. The van der Waals surface area contributed by atoms with Gasteiger partial charge in [0.1, 0.15) is 0 Å². The van der Waals surface area contributed by atoms with Crippen molar-refractivity contribution in [1.82, 2.24) is 0 Å². The lowest BCUT2D eigenvalue weighted by Gasteiger charge is -1.98. The van der Waals surface area contributed by atoms with Crippen LogP contribution in [0.1, 0.15) is 32.1 Å². The Hall–Kier alpha value is -0.300. The molecule has 1 saturated carbocycles. The SMILES string of the molecule is NCC/C=C/C1CCCC1. The molecule has 0 spiro atoms. The first kappa shape index (κ1) is 7.80. The minimum absolute atomic E-state index is 0.795. The lowest BCUT2D eigenvalue weighted by molar-refractivity contribution is 0.682. The van der Waals surface area contributed by atoms with E-state index in [2.05, 4.69) is 12.2 Å². The summed E-state index contributed by atoms with van der Waals surface area (Å²) in [5, 5.41) is 0. The standard InChI is InChI=1S/C9H17N/c10-8-4-3-7-9-5-1-2-6-9/h3,7,9H,1-2,4-6,8,10H2/b7-3+. The van der Waals surface area contributed by atoms with Crippen LogP contribution in [0.25, 0.3) is 0 Å². The van der Waals surface area contributed by atoms with Crippen LogP contribution in [-0.4, -0.2) is 6.54 Å². The predicted molar refractivity (Wildman–Crippen MR) is 44.8 cm³/mol. The average molecular weight is 139 g/mol. The Morgan fingerprint density at radius 2 is 2.00 bits per heavy atom. The Morgan fingerprint density at radius 1 is 1.30 bits per heavy atom.